The van der Waals surface area contributed by atoms with Crippen LogP contribution in [0.3, 0.4) is 0 Å². The molecule has 1 aromatic carbocycles. The van der Waals surface area contributed by atoms with Gasteiger partial charge >= 0.3 is 0 Å². The fraction of sp³-hybridized carbons (Fsp3) is 0.312. The molecule has 106 valence electrons. The van der Waals surface area contributed by atoms with Crippen molar-refractivity contribution < 1.29 is 9.84 Å². The summed E-state index contributed by atoms with van der Waals surface area (Å²) in [6, 6.07) is 7.73. The molecular weight excluding hydrogens is 318 g/mol. The van der Waals surface area contributed by atoms with Gasteiger partial charge < -0.3 is 9.84 Å². The number of aliphatic hydroxyl groups is 1. The number of rotatable bonds is 5. The number of pyridine rings is 1. The molecule has 0 spiro atoms. The summed E-state index contributed by atoms with van der Waals surface area (Å²) in [5.41, 5.74) is 2.67. The minimum absolute atomic E-state index is 0.650. The Hall–Kier alpha value is -1.39. The molecule has 1 N–H and O–H groups in total. The van der Waals surface area contributed by atoms with Crippen LogP contribution in [0.4, 0.5) is 0 Å². The highest BCUT2D eigenvalue weighted by Gasteiger charge is 2.13. The van der Waals surface area contributed by atoms with Gasteiger partial charge in [0, 0.05) is 16.2 Å². The molecule has 1 heterocycles. The van der Waals surface area contributed by atoms with Gasteiger partial charge in [-0.3, -0.25) is 4.98 Å². The highest BCUT2D eigenvalue weighted by atomic mass is 79.9. The molecule has 4 heteroatoms. The lowest BCUT2D eigenvalue weighted by Gasteiger charge is -2.14. The van der Waals surface area contributed by atoms with Crippen molar-refractivity contribution in [2.45, 2.75) is 26.4 Å². The molecule has 3 nitrogen and oxygen atoms in total. The summed E-state index contributed by atoms with van der Waals surface area (Å²) in [7, 11) is 0. The Kier molecular flexibility index (Phi) is 5.15. The van der Waals surface area contributed by atoms with Crippen molar-refractivity contribution in [1.82, 2.24) is 4.98 Å². The first-order valence-electron chi connectivity index (χ1n) is 6.63. The second-order valence-electron chi connectivity index (χ2n) is 4.77. The Labute approximate surface area is 127 Å². The third-order valence-corrected chi connectivity index (χ3v) is 3.36. The fourth-order valence-electron chi connectivity index (χ4n) is 2.00. The maximum Gasteiger partial charge on any atom is 0.137 e. The van der Waals surface area contributed by atoms with Gasteiger partial charge in [0.1, 0.15) is 11.9 Å². The monoisotopic (exact) mass is 335 g/mol. The van der Waals surface area contributed by atoms with Crippen LogP contribution in [0.2, 0.25) is 0 Å². The number of aromatic nitrogens is 1. The highest BCUT2D eigenvalue weighted by molar-refractivity contribution is 9.10. The third-order valence-electron chi connectivity index (χ3n) is 2.90. The highest BCUT2D eigenvalue weighted by Crippen LogP contribution is 2.27. The number of ether oxygens (including phenoxy) is 1. The van der Waals surface area contributed by atoms with Crippen LogP contribution in [0.1, 0.15) is 36.1 Å². The van der Waals surface area contributed by atoms with E-state index in [9.17, 15) is 5.11 Å². The molecule has 20 heavy (non-hydrogen) atoms. The smallest absolute Gasteiger partial charge is 0.137 e. The zero-order chi connectivity index (χ0) is 14.5. The molecule has 2 aromatic rings. The normalized spacial score (nSPS) is 12.2. The van der Waals surface area contributed by atoms with E-state index in [1.807, 2.05) is 31.2 Å². The minimum Gasteiger partial charge on any atom is -0.492 e. The van der Waals surface area contributed by atoms with Crippen LogP contribution in [0.25, 0.3) is 0 Å². The van der Waals surface area contributed by atoms with Crippen LogP contribution < -0.4 is 4.74 Å². The van der Waals surface area contributed by atoms with Crippen LogP contribution in [0.15, 0.2) is 41.1 Å². The van der Waals surface area contributed by atoms with Crippen LogP contribution in [-0.4, -0.2) is 16.7 Å². The van der Waals surface area contributed by atoms with E-state index in [0.717, 1.165) is 27.6 Å². The summed E-state index contributed by atoms with van der Waals surface area (Å²) in [5, 5.41) is 10.5. The maximum absolute atomic E-state index is 10.5. The Bertz CT molecular complexity index is 566. The summed E-state index contributed by atoms with van der Waals surface area (Å²) >= 11 is 3.45. The molecule has 0 aliphatic carbocycles. The molecule has 1 unspecified atom stereocenters. The minimum atomic E-state index is -0.705. The number of benzene rings is 1. The van der Waals surface area contributed by atoms with E-state index in [2.05, 4.69) is 27.8 Å². The molecule has 0 saturated heterocycles. The van der Waals surface area contributed by atoms with E-state index >= 15 is 0 Å². The van der Waals surface area contributed by atoms with Crippen LogP contribution >= 0.6 is 15.9 Å². The number of aryl methyl sites for hydroxylation is 1. The van der Waals surface area contributed by atoms with Gasteiger partial charge in [-0.05, 0) is 42.7 Å². The lowest BCUT2D eigenvalue weighted by molar-refractivity contribution is 0.218. The lowest BCUT2D eigenvalue weighted by Crippen LogP contribution is -2.02. The van der Waals surface area contributed by atoms with Gasteiger partial charge in [0.15, 0.2) is 0 Å². The van der Waals surface area contributed by atoms with Gasteiger partial charge in [-0.2, -0.15) is 0 Å². The second-order valence-corrected chi connectivity index (χ2v) is 5.68. The summed E-state index contributed by atoms with van der Waals surface area (Å²) in [4.78, 5) is 4.13. The van der Waals surface area contributed by atoms with Crippen molar-refractivity contribution in [3.63, 3.8) is 0 Å². The fourth-order valence-corrected chi connectivity index (χ4v) is 2.62. The molecule has 2 rings (SSSR count). The number of halogens is 1. The van der Waals surface area contributed by atoms with E-state index in [1.54, 1.807) is 12.4 Å². The molecule has 0 amide bonds. The molecule has 0 fully saturated rings. The molecule has 1 atom stereocenters. The average molecular weight is 336 g/mol. The Morgan fingerprint density at radius 3 is 2.70 bits per heavy atom. The maximum atomic E-state index is 10.5. The SMILES string of the molecule is CCCOc1cncc(C(O)c2cc(C)cc(Br)c2)c1. The van der Waals surface area contributed by atoms with E-state index in [1.165, 1.54) is 0 Å². The second kappa shape index (κ2) is 6.86. The predicted molar refractivity (Wildman–Crippen MR) is 83.0 cm³/mol. The largest absolute Gasteiger partial charge is 0.492 e. The molecule has 0 aliphatic heterocycles. The van der Waals surface area contributed by atoms with Gasteiger partial charge in [0.2, 0.25) is 0 Å². The van der Waals surface area contributed by atoms with Crippen molar-refractivity contribution in [1.29, 1.82) is 0 Å². The van der Waals surface area contributed by atoms with Crippen LogP contribution in [0.5, 0.6) is 5.75 Å². The standard InChI is InChI=1S/C16H18BrNO2/c1-3-4-20-15-8-13(9-18-10-15)16(19)12-5-11(2)6-14(17)7-12/h5-10,16,19H,3-4H2,1-2H3. The Morgan fingerprint density at radius 2 is 2.00 bits per heavy atom. The van der Waals surface area contributed by atoms with Crippen molar-refractivity contribution in [3.8, 4) is 5.75 Å². The summed E-state index contributed by atoms with van der Waals surface area (Å²) < 4.78 is 6.50. The number of aliphatic hydroxyl groups excluding tert-OH is 1. The molecule has 0 aliphatic rings. The number of hydrogen-bond donors (Lipinski definition) is 1. The molecule has 0 saturated carbocycles. The first-order valence-corrected chi connectivity index (χ1v) is 7.42. The van der Waals surface area contributed by atoms with E-state index < -0.39 is 6.10 Å². The Morgan fingerprint density at radius 1 is 1.20 bits per heavy atom. The number of hydrogen-bond acceptors (Lipinski definition) is 3. The predicted octanol–water partition coefficient (Wildman–Crippen LogP) is 4.02. The zero-order valence-electron chi connectivity index (χ0n) is 11.6. The summed E-state index contributed by atoms with van der Waals surface area (Å²) in [6.45, 7) is 4.70. The molecule has 0 radical (unpaired) electrons. The van der Waals surface area contributed by atoms with Gasteiger partial charge in [-0.25, -0.2) is 0 Å². The molecular formula is C16H18BrNO2. The van der Waals surface area contributed by atoms with Crippen molar-refractivity contribution in [3.05, 3.63) is 57.8 Å². The van der Waals surface area contributed by atoms with Crippen molar-refractivity contribution >= 4 is 15.9 Å². The first-order chi connectivity index (χ1) is 9.60. The Balaban J connectivity index is 2.25. The van der Waals surface area contributed by atoms with E-state index in [4.69, 9.17) is 4.74 Å². The van der Waals surface area contributed by atoms with Gasteiger partial charge in [0.25, 0.3) is 0 Å². The zero-order valence-corrected chi connectivity index (χ0v) is 13.2. The lowest BCUT2D eigenvalue weighted by atomic mass is 10.0. The molecule has 0 bridgehead atoms. The molecule has 1 aromatic heterocycles. The van der Waals surface area contributed by atoms with Gasteiger partial charge in [0.05, 0.1) is 12.8 Å². The quantitative estimate of drug-likeness (QED) is 0.897. The third kappa shape index (κ3) is 3.81. The van der Waals surface area contributed by atoms with Crippen LogP contribution in [-0.2, 0) is 0 Å². The topological polar surface area (TPSA) is 42.4 Å². The summed E-state index contributed by atoms with van der Waals surface area (Å²) in [5.74, 6) is 0.690. The average Bonchev–Trinajstić information content (AvgIpc) is 2.43. The summed E-state index contributed by atoms with van der Waals surface area (Å²) in [6.07, 6.45) is 3.57. The van der Waals surface area contributed by atoms with Gasteiger partial charge in [-0.15, -0.1) is 0 Å². The van der Waals surface area contributed by atoms with E-state index in [0.29, 0.717) is 12.4 Å². The van der Waals surface area contributed by atoms with Crippen LogP contribution in [0, 0.1) is 6.92 Å². The van der Waals surface area contributed by atoms with Gasteiger partial charge in [-0.1, -0.05) is 28.9 Å². The first kappa shape index (κ1) is 15.0. The van der Waals surface area contributed by atoms with E-state index in [-0.39, 0.29) is 0 Å². The van der Waals surface area contributed by atoms with Crippen molar-refractivity contribution in [2.24, 2.45) is 0 Å². The number of nitrogens with zero attached hydrogens (tertiary/aromatic N) is 1. The van der Waals surface area contributed by atoms with Crippen molar-refractivity contribution in [2.75, 3.05) is 6.61 Å².